The number of rotatable bonds is 3. The highest BCUT2D eigenvalue weighted by atomic mass is 35.5. The maximum atomic E-state index is 9.28. The van der Waals surface area contributed by atoms with E-state index in [1.807, 2.05) is 6.07 Å². The standard InChI is InChI=1S/C13H12ClNO2/c14-13-6-10(15)5-4-9(13)8-17-12-3-1-2-11(16)7-12/h1-7,16H,8,15H2. The van der Waals surface area contributed by atoms with Crippen LogP contribution in [0.2, 0.25) is 5.02 Å². The van der Waals surface area contributed by atoms with Crippen molar-refractivity contribution in [1.29, 1.82) is 0 Å². The second-order valence-corrected chi connectivity index (χ2v) is 4.04. The molecule has 0 spiro atoms. The molecule has 3 N–H and O–H groups in total. The highest BCUT2D eigenvalue weighted by Crippen LogP contribution is 2.23. The van der Waals surface area contributed by atoms with Crippen molar-refractivity contribution in [2.45, 2.75) is 6.61 Å². The summed E-state index contributed by atoms with van der Waals surface area (Å²) in [5, 5.41) is 9.85. The predicted molar refractivity (Wildman–Crippen MR) is 68.3 cm³/mol. The minimum atomic E-state index is 0.172. The molecule has 0 aromatic heterocycles. The normalized spacial score (nSPS) is 10.2. The van der Waals surface area contributed by atoms with Crippen LogP contribution in [0.5, 0.6) is 11.5 Å². The maximum Gasteiger partial charge on any atom is 0.123 e. The van der Waals surface area contributed by atoms with Gasteiger partial charge in [0.15, 0.2) is 0 Å². The summed E-state index contributed by atoms with van der Waals surface area (Å²) in [5.74, 6) is 0.767. The van der Waals surface area contributed by atoms with E-state index in [0.29, 0.717) is 23.1 Å². The molecular weight excluding hydrogens is 238 g/mol. The molecule has 2 rings (SSSR count). The molecule has 2 aromatic rings. The van der Waals surface area contributed by atoms with Crippen LogP contribution in [0, 0.1) is 0 Å². The third-order valence-corrected chi connectivity index (χ3v) is 2.64. The number of aromatic hydroxyl groups is 1. The van der Waals surface area contributed by atoms with Crippen molar-refractivity contribution >= 4 is 17.3 Å². The minimum absolute atomic E-state index is 0.172. The zero-order valence-electron chi connectivity index (χ0n) is 9.06. The Hall–Kier alpha value is -1.87. The Morgan fingerprint density at radius 1 is 1.18 bits per heavy atom. The molecule has 0 atom stereocenters. The molecule has 0 unspecified atom stereocenters. The lowest BCUT2D eigenvalue weighted by molar-refractivity contribution is 0.304. The monoisotopic (exact) mass is 249 g/mol. The lowest BCUT2D eigenvalue weighted by Gasteiger charge is -2.08. The molecule has 3 nitrogen and oxygen atoms in total. The van der Waals surface area contributed by atoms with Gasteiger partial charge in [-0.05, 0) is 24.3 Å². The van der Waals surface area contributed by atoms with Crippen LogP contribution in [0.1, 0.15) is 5.56 Å². The van der Waals surface area contributed by atoms with Crippen molar-refractivity contribution in [3.8, 4) is 11.5 Å². The van der Waals surface area contributed by atoms with Gasteiger partial charge in [0, 0.05) is 22.3 Å². The third-order valence-electron chi connectivity index (χ3n) is 2.29. The van der Waals surface area contributed by atoms with Crippen LogP contribution in [0.15, 0.2) is 42.5 Å². The summed E-state index contributed by atoms with van der Waals surface area (Å²) in [6.45, 7) is 0.336. The fourth-order valence-corrected chi connectivity index (χ4v) is 1.66. The van der Waals surface area contributed by atoms with E-state index >= 15 is 0 Å². The van der Waals surface area contributed by atoms with Gasteiger partial charge in [-0.15, -0.1) is 0 Å². The quantitative estimate of drug-likeness (QED) is 0.822. The summed E-state index contributed by atoms with van der Waals surface area (Å²) in [5.41, 5.74) is 7.07. The van der Waals surface area contributed by atoms with Crippen LogP contribution < -0.4 is 10.5 Å². The van der Waals surface area contributed by atoms with E-state index < -0.39 is 0 Å². The number of hydrogen-bond donors (Lipinski definition) is 2. The summed E-state index contributed by atoms with van der Waals surface area (Å²) in [4.78, 5) is 0. The number of halogens is 1. The average molecular weight is 250 g/mol. The highest BCUT2D eigenvalue weighted by molar-refractivity contribution is 6.31. The first-order chi connectivity index (χ1) is 8.15. The van der Waals surface area contributed by atoms with Crippen LogP contribution in [0.3, 0.4) is 0 Å². The van der Waals surface area contributed by atoms with Gasteiger partial charge in [-0.25, -0.2) is 0 Å². The minimum Gasteiger partial charge on any atom is -0.508 e. The lowest BCUT2D eigenvalue weighted by Crippen LogP contribution is -1.97. The molecule has 88 valence electrons. The first-order valence-electron chi connectivity index (χ1n) is 5.11. The van der Waals surface area contributed by atoms with Crippen LogP contribution in [-0.4, -0.2) is 5.11 Å². The molecule has 0 heterocycles. The topological polar surface area (TPSA) is 55.5 Å². The largest absolute Gasteiger partial charge is 0.508 e. The molecule has 0 bridgehead atoms. The third kappa shape index (κ3) is 3.04. The molecule has 0 aliphatic rings. The van der Waals surface area contributed by atoms with Crippen molar-refractivity contribution in [1.82, 2.24) is 0 Å². The Kier molecular flexibility index (Phi) is 3.40. The summed E-state index contributed by atoms with van der Waals surface area (Å²) < 4.78 is 5.51. The van der Waals surface area contributed by atoms with E-state index in [1.165, 1.54) is 0 Å². The number of phenolic OH excluding ortho intramolecular Hbond substituents is 1. The van der Waals surface area contributed by atoms with Gasteiger partial charge >= 0.3 is 0 Å². The number of phenols is 1. The summed E-state index contributed by atoms with van der Waals surface area (Å²) in [6, 6.07) is 11.9. The van der Waals surface area contributed by atoms with Gasteiger partial charge in [0.2, 0.25) is 0 Å². The maximum absolute atomic E-state index is 9.28. The number of anilines is 1. The zero-order chi connectivity index (χ0) is 12.3. The number of ether oxygens (including phenoxy) is 1. The highest BCUT2D eigenvalue weighted by Gasteiger charge is 2.02. The smallest absolute Gasteiger partial charge is 0.123 e. The number of hydrogen-bond acceptors (Lipinski definition) is 3. The molecule has 17 heavy (non-hydrogen) atoms. The molecule has 2 aromatic carbocycles. The summed E-state index contributed by atoms with van der Waals surface area (Å²) in [6.07, 6.45) is 0. The van der Waals surface area contributed by atoms with E-state index in [9.17, 15) is 5.11 Å². The van der Waals surface area contributed by atoms with Gasteiger partial charge in [-0.3, -0.25) is 0 Å². The van der Waals surface area contributed by atoms with E-state index in [0.717, 1.165) is 5.56 Å². The van der Waals surface area contributed by atoms with Crippen molar-refractivity contribution in [2.24, 2.45) is 0 Å². The molecule has 0 aliphatic carbocycles. The van der Waals surface area contributed by atoms with Crippen LogP contribution in [-0.2, 0) is 6.61 Å². The first kappa shape index (κ1) is 11.6. The Morgan fingerprint density at radius 2 is 2.00 bits per heavy atom. The molecule has 0 amide bonds. The van der Waals surface area contributed by atoms with Gasteiger partial charge < -0.3 is 15.6 Å². The molecule has 0 radical (unpaired) electrons. The fourth-order valence-electron chi connectivity index (χ4n) is 1.42. The van der Waals surface area contributed by atoms with Gasteiger partial charge in [-0.1, -0.05) is 23.7 Å². The van der Waals surface area contributed by atoms with Crippen molar-refractivity contribution in [3.05, 3.63) is 53.1 Å². The van der Waals surface area contributed by atoms with E-state index in [-0.39, 0.29) is 5.75 Å². The fraction of sp³-hybridized carbons (Fsp3) is 0.0769. The van der Waals surface area contributed by atoms with Gasteiger partial charge in [0.25, 0.3) is 0 Å². The molecule has 4 heteroatoms. The average Bonchev–Trinajstić information content (AvgIpc) is 2.28. The second kappa shape index (κ2) is 4.97. The number of nitrogens with two attached hydrogens (primary N) is 1. The summed E-state index contributed by atoms with van der Waals surface area (Å²) >= 11 is 6.02. The number of nitrogen functional groups attached to an aromatic ring is 1. The van der Waals surface area contributed by atoms with Crippen LogP contribution in [0.4, 0.5) is 5.69 Å². The van der Waals surface area contributed by atoms with E-state index in [1.54, 1.807) is 36.4 Å². The Bertz CT molecular complexity index is 529. The molecule has 0 saturated heterocycles. The zero-order valence-corrected chi connectivity index (χ0v) is 9.82. The van der Waals surface area contributed by atoms with Gasteiger partial charge in [0.05, 0.1) is 0 Å². The Labute approximate surface area is 104 Å². The number of benzene rings is 2. The summed E-state index contributed by atoms with van der Waals surface area (Å²) in [7, 11) is 0. The van der Waals surface area contributed by atoms with E-state index in [4.69, 9.17) is 22.1 Å². The van der Waals surface area contributed by atoms with Gasteiger partial charge in [0.1, 0.15) is 18.1 Å². The van der Waals surface area contributed by atoms with Crippen LogP contribution in [0.25, 0.3) is 0 Å². The predicted octanol–water partition coefficient (Wildman–Crippen LogP) is 3.21. The van der Waals surface area contributed by atoms with Gasteiger partial charge in [-0.2, -0.15) is 0 Å². The molecule has 0 saturated carbocycles. The Balaban J connectivity index is 2.07. The van der Waals surface area contributed by atoms with Crippen LogP contribution >= 0.6 is 11.6 Å². The van der Waals surface area contributed by atoms with E-state index in [2.05, 4.69) is 0 Å². The van der Waals surface area contributed by atoms with Crippen molar-refractivity contribution < 1.29 is 9.84 Å². The SMILES string of the molecule is Nc1ccc(COc2cccc(O)c2)c(Cl)c1. The van der Waals surface area contributed by atoms with Crippen molar-refractivity contribution in [3.63, 3.8) is 0 Å². The second-order valence-electron chi connectivity index (χ2n) is 3.64. The lowest BCUT2D eigenvalue weighted by atomic mass is 10.2. The molecular formula is C13H12ClNO2. The molecule has 0 aliphatic heterocycles. The molecule has 0 fully saturated rings. The van der Waals surface area contributed by atoms with Crippen molar-refractivity contribution in [2.75, 3.05) is 5.73 Å². The Morgan fingerprint density at radius 3 is 2.71 bits per heavy atom. The first-order valence-corrected chi connectivity index (χ1v) is 5.48.